The lowest BCUT2D eigenvalue weighted by molar-refractivity contribution is 0.514. The van der Waals surface area contributed by atoms with Crippen LogP contribution in [-0.4, -0.2) is 0 Å². The molecule has 1 unspecified atom stereocenters. The van der Waals surface area contributed by atoms with Gasteiger partial charge in [-0.2, -0.15) is 0 Å². The summed E-state index contributed by atoms with van der Waals surface area (Å²) in [6, 6.07) is 5.84. The number of hydrogen-bond donors (Lipinski definition) is 1. The molecule has 0 heterocycles. The van der Waals surface area contributed by atoms with E-state index in [1.807, 2.05) is 26.0 Å². The second-order valence-electron chi connectivity index (χ2n) is 4.62. The van der Waals surface area contributed by atoms with E-state index in [-0.39, 0.29) is 5.56 Å². The van der Waals surface area contributed by atoms with Crippen molar-refractivity contribution in [1.82, 2.24) is 0 Å². The molecule has 0 amide bonds. The molecule has 0 saturated carbocycles. The Morgan fingerprint density at radius 2 is 1.53 bits per heavy atom. The molecular weight excluding hydrogens is 251 g/mol. The van der Waals surface area contributed by atoms with Crippen LogP contribution in [0, 0.1) is 31.3 Å². The summed E-state index contributed by atoms with van der Waals surface area (Å²) in [5.41, 5.74) is 8.03. The highest BCUT2D eigenvalue weighted by atomic mass is 19.1. The lowest BCUT2D eigenvalue weighted by Gasteiger charge is -2.17. The van der Waals surface area contributed by atoms with Crippen LogP contribution in [-0.2, 0) is 0 Å². The number of halogens is 3. The molecule has 0 fully saturated rings. The van der Waals surface area contributed by atoms with Gasteiger partial charge in [0.15, 0.2) is 0 Å². The first kappa shape index (κ1) is 13.6. The zero-order valence-electron chi connectivity index (χ0n) is 10.7. The van der Waals surface area contributed by atoms with Gasteiger partial charge in [-0.25, -0.2) is 13.2 Å². The summed E-state index contributed by atoms with van der Waals surface area (Å²) in [7, 11) is 0. The number of rotatable bonds is 2. The van der Waals surface area contributed by atoms with Gasteiger partial charge < -0.3 is 5.73 Å². The molecule has 0 saturated heterocycles. The molecule has 0 aliphatic heterocycles. The maximum absolute atomic E-state index is 13.7. The highest BCUT2D eigenvalue weighted by Gasteiger charge is 2.21. The summed E-state index contributed by atoms with van der Waals surface area (Å²) in [5.74, 6) is -2.89. The van der Waals surface area contributed by atoms with E-state index in [1.165, 1.54) is 0 Å². The average molecular weight is 265 g/mol. The van der Waals surface area contributed by atoms with Crippen LogP contribution in [0.25, 0.3) is 0 Å². The van der Waals surface area contributed by atoms with Crippen LogP contribution in [0.15, 0.2) is 30.3 Å². The van der Waals surface area contributed by atoms with E-state index in [1.54, 1.807) is 6.07 Å². The summed E-state index contributed by atoms with van der Waals surface area (Å²) < 4.78 is 40.3. The second-order valence-corrected chi connectivity index (χ2v) is 4.62. The fraction of sp³-hybridized carbons (Fsp3) is 0.200. The Morgan fingerprint density at radius 1 is 0.947 bits per heavy atom. The standard InChI is InChI=1S/C15H14F3N/c1-8-3-4-9(2)11(5-8)15(19)14-12(17)6-10(16)7-13(14)18/h3-7,15H,19H2,1-2H3. The second kappa shape index (κ2) is 5.05. The minimum absolute atomic E-state index is 0.310. The molecule has 100 valence electrons. The lowest BCUT2D eigenvalue weighted by Crippen LogP contribution is -2.17. The maximum Gasteiger partial charge on any atom is 0.134 e. The van der Waals surface area contributed by atoms with Crippen LogP contribution in [0.5, 0.6) is 0 Å². The van der Waals surface area contributed by atoms with Crippen molar-refractivity contribution in [2.45, 2.75) is 19.9 Å². The molecule has 0 aromatic heterocycles. The Hall–Kier alpha value is -1.81. The van der Waals surface area contributed by atoms with Gasteiger partial charge >= 0.3 is 0 Å². The highest BCUT2D eigenvalue weighted by molar-refractivity contribution is 5.39. The van der Waals surface area contributed by atoms with Crippen molar-refractivity contribution in [1.29, 1.82) is 0 Å². The quantitative estimate of drug-likeness (QED) is 0.878. The van der Waals surface area contributed by atoms with Crippen molar-refractivity contribution in [2.75, 3.05) is 0 Å². The Balaban J connectivity index is 2.56. The first-order valence-electron chi connectivity index (χ1n) is 5.87. The third kappa shape index (κ3) is 2.63. The van der Waals surface area contributed by atoms with Gasteiger partial charge in [-0.1, -0.05) is 23.8 Å². The summed E-state index contributed by atoms with van der Waals surface area (Å²) in [6.45, 7) is 3.68. The number of benzene rings is 2. The molecule has 2 aromatic carbocycles. The summed E-state index contributed by atoms with van der Waals surface area (Å²) in [4.78, 5) is 0. The molecule has 19 heavy (non-hydrogen) atoms. The molecule has 0 aliphatic rings. The van der Waals surface area contributed by atoms with Gasteiger partial charge in [0.1, 0.15) is 17.5 Å². The molecule has 0 bridgehead atoms. The maximum atomic E-state index is 13.7. The average Bonchev–Trinajstić information content (AvgIpc) is 2.30. The predicted molar refractivity (Wildman–Crippen MR) is 68.3 cm³/mol. The van der Waals surface area contributed by atoms with Crippen molar-refractivity contribution in [3.05, 3.63) is 70.0 Å². The van der Waals surface area contributed by atoms with Crippen molar-refractivity contribution in [3.8, 4) is 0 Å². The van der Waals surface area contributed by atoms with E-state index < -0.39 is 23.5 Å². The number of aryl methyl sites for hydroxylation is 2. The van der Waals surface area contributed by atoms with Crippen molar-refractivity contribution < 1.29 is 13.2 Å². The van der Waals surface area contributed by atoms with Gasteiger partial charge in [-0.15, -0.1) is 0 Å². The number of hydrogen-bond acceptors (Lipinski definition) is 1. The van der Waals surface area contributed by atoms with Gasteiger partial charge in [0.25, 0.3) is 0 Å². The van der Waals surface area contributed by atoms with Crippen LogP contribution in [0.3, 0.4) is 0 Å². The Kier molecular flexibility index (Phi) is 3.62. The van der Waals surface area contributed by atoms with Crippen molar-refractivity contribution in [2.24, 2.45) is 5.73 Å². The molecule has 0 aliphatic carbocycles. The van der Waals surface area contributed by atoms with Crippen molar-refractivity contribution in [3.63, 3.8) is 0 Å². The molecule has 0 spiro atoms. The smallest absolute Gasteiger partial charge is 0.134 e. The van der Waals surface area contributed by atoms with E-state index in [9.17, 15) is 13.2 Å². The molecule has 0 radical (unpaired) electrons. The fourth-order valence-electron chi connectivity index (χ4n) is 2.10. The molecule has 2 aromatic rings. The number of nitrogens with two attached hydrogens (primary N) is 1. The van der Waals surface area contributed by atoms with Gasteiger partial charge in [0, 0.05) is 17.7 Å². The normalized spacial score (nSPS) is 12.5. The first-order valence-corrected chi connectivity index (χ1v) is 5.87. The largest absolute Gasteiger partial charge is 0.320 e. The van der Waals surface area contributed by atoms with E-state index in [2.05, 4.69) is 0 Å². The topological polar surface area (TPSA) is 26.0 Å². The summed E-state index contributed by atoms with van der Waals surface area (Å²) in [5, 5.41) is 0. The van der Waals surface area contributed by atoms with Gasteiger partial charge in [0.05, 0.1) is 6.04 Å². The van der Waals surface area contributed by atoms with Crippen molar-refractivity contribution >= 4 is 0 Å². The molecule has 2 N–H and O–H groups in total. The lowest BCUT2D eigenvalue weighted by atomic mass is 9.93. The first-order chi connectivity index (χ1) is 8.90. The summed E-state index contributed by atoms with van der Waals surface area (Å²) in [6.07, 6.45) is 0. The van der Waals surface area contributed by atoms with Crippen LogP contribution in [0.1, 0.15) is 28.3 Å². The minimum atomic E-state index is -0.967. The van der Waals surface area contributed by atoms with Gasteiger partial charge in [-0.3, -0.25) is 0 Å². The van der Waals surface area contributed by atoms with Crippen LogP contribution < -0.4 is 5.73 Å². The van der Waals surface area contributed by atoms with E-state index in [0.717, 1.165) is 11.1 Å². The molecule has 1 nitrogen and oxygen atoms in total. The molecule has 4 heteroatoms. The van der Waals surface area contributed by atoms with Crippen LogP contribution in [0.4, 0.5) is 13.2 Å². The fourth-order valence-corrected chi connectivity index (χ4v) is 2.10. The zero-order chi connectivity index (χ0) is 14.2. The Labute approximate surface area is 109 Å². The predicted octanol–water partition coefficient (Wildman–Crippen LogP) is 3.77. The SMILES string of the molecule is Cc1ccc(C)c(C(N)c2c(F)cc(F)cc2F)c1. The third-order valence-electron chi connectivity index (χ3n) is 3.12. The Morgan fingerprint density at radius 3 is 2.11 bits per heavy atom. The minimum Gasteiger partial charge on any atom is -0.320 e. The van der Waals surface area contributed by atoms with Gasteiger partial charge in [0.2, 0.25) is 0 Å². The highest BCUT2D eigenvalue weighted by Crippen LogP contribution is 2.28. The molecular formula is C15H14F3N. The van der Waals surface area contributed by atoms with Crippen LogP contribution >= 0.6 is 0 Å². The monoisotopic (exact) mass is 265 g/mol. The molecule has 2 rings (SSSR count). The van der Waals surface area contributed by atoms with E-state index >= 15 is 0 Å². The Bertz CT molecular complexity index is 600. The summed E-state index contributed by atoms with van der Waals surface area (Å²) >= 11 is 0. The zero-order valence-corrected chi connectivity index (χ0v) is 10.7. The van der Waals surface area contributed by atoms with Crippen LogP contribution in [0.2, 0.25) is 0 Å². The van der Waals surface area contributed by atoms with E-state index in [4.69, 9.17) is 5.73 Å². The third-order valence-corrected chi connectivity index (χ3v) is 3.12. The molecule has 1 atom stereocenters. The van der Waals surface area contributed by atoms with Gasteiger partial charge in [-0.05, 0) is 25.0 Å². The van der Waals surface area contributed by atoms with E-state index in [0.29, 0.717) is 17.7 Å².